The van der Waals surface area contributed by atoms with Crippen LogP contribution < -0.4 is 14.2 Å². The van der Waals surface area contributed by atoms with Gasteiger partial charge in [0.25, 0.3) is 0 Å². The summed E-state index contributed by atoms with van der Waals surface area (Å²) < 4.78 is 107. The van der Waals surface area contributed by atoms with Crippen molar-refractivity contribution in [3.63, 3.8) is 0 Å². The molecule has 6 rings (SSSR count). The Hall–Kier alpha value is -4.32. The third-order valence-electron chi connectivity index (χ3n) is 12.3. The van der Waals surface area contributed by atoms with Crippen LogP contribution in [0.15, 0.2) is 36.5 Å². The summed E-state index contributed by atoms with van der Waals surface area (Å²) in [5.74, 6) is -6.10. The van der Waals surface area contributed by atoms with Crippen molar-refractivity contribution in [2.24, 2.45) is 17.3 Å². The van der Waals surface area contributed by atoms with Gasteiger partial charge in [-0.15, -0.1) is 0 Å². The monoisotopic (exact) mass is 867 g/mol. The number of carbonyl (C=O) groups excluding carboxylic acids is 4. The Balaban J connectivity index is 1.37. The third kappa shape index (κ3) is 9.28. The van der Waals surface area contributed by atoms with E-state index in [2.05, 4.69) is 9.71 Å². The highest BCUT2D eigenvalue weighted by Crippen LogP contribution is 2.58. The minimum absolute atomic E-state index is 0.0118. The molecule has 1 aromatic heterocycles. The van der Waals surface area contributed by atoms with E-state index < -0.39 is 110 Å². The number of hydrogen-bond donors (Lipinski definition) is 1. The summed E-state index contributed by atoms with van der Waals surface area (Å²) >= 11 is 0. The summed E-state index contributed by atoms with van der Waals surface area (Å²) in [5.41, 5.74) is -4.33. The number of esters is 1. The summed E-state index contributed by atoms with van der Waals surface area (Å²) in [7, 11) is -4.08. The molecule has 4 aliphatic rings. The zero-order valence-electron chi connectivity index (χ0n) is 34.6. The number of aromatic nitrogens is 1. The Kier molecular flexibility index (Phi) is 12.7. The van der Waals surface area contributed by atoms with E-state index in [0.29, 0.717) is 44.9 Å². The topological polar surface area (TPSA) is 168 Å². The third-order valence-corrected chi connectivity index (χ3v) is 14.5. The van der Waals surface area contributed by atoms with E-state index in [1.165, 1.54) is 30.2 Å². The first-order valence-electron chi connectivity index (χ1n) is 20.4. The molecule has 330 valence electrons. The Morgan fingerprint density at radius 1 is 1.13 bits per heavy atom. The van der Waals surface area contributed by atoms with Gasteiger partial charge in [-0.05, 0) is 103 Å². The second kappa shape index (κ2) is 16.9. The molecular formula is C42H53F4N3O10S. The van der Waals surface area contributed by atoms with Crippen LogP contribution >= 0.6 is 0 Å². The fourth-order valence-corrected chi connectivity index (χ4v) is 9.37. The largest absolute Gasteiger partial charge is 0.491 e. The van der Waals surface area contributed by atoms with Gasteiger partial charge < -0.3 is 23.8 Å². The van der Waals surface area contributed by atoms with Crippen LogP contribution in [0, 0.1) is 23.1 Å². The molecule has 1 aromatic carbocycles. The molecule has 0 unspecified atom stereocenters. The predicted octanol–water partition coefficient (Wildman–Crippen LogP) is 6.51. The van der Waals surface area contributed by atoms with E-state index in [9.17, 15) is 40.8 Å². The maximum absolute atomic E-state index is 15.1. The van der Waals surface area contributed by atoms with Crippen molar-refractivity contribution in [1.82, 2.24) is 14.6 Å². The number of hydrogen-bond acceptors (Lipinski definition) is 11. The Morgan fingerprint density at radius 3 is 2.50 bits per heavy atom. The van der Waals surface area contributed by atoms with E-state index in [0.717, 1.165) is 0 Å². The van der Waals surface area contributed by atoms with Crippen molar-refractivity contribution >= 4 is 44.4 Å². The molecule has 1 N–H and O–H groups in total. The molecule has 18 heteroatoms. The lowest BCUT2D eigenvalue weighted by Crippen LogP contribution is -2.50. The number of allylic oxidation sites excluding steroid dienone is 2. The predicted molar refractivity (Wildman–Crippen MR) is 210 cm³/mol. The molecule has 0 spiro atoms. The molecule has 3 heterocycles. The minimum Gasteiger partial charge on any atom is -0.491 e. The van der Waals surface area contributed by atoms with Crippen LogP contribution in [-0.2, 0) is 38.7 Å². The molecule has 2 saturated carbocycles. The number of pyridine rings is 1. The van der Waals surface area contributed by atoms with Gasteiger partial charge in [0.1, 0.15) is 6.10 Å². The number of fused-ring (bicyclic) bond motifs is 3. The number of nitrogens with one attached hydrogen (secondary N) is 1. The van der Waals surface area contributed by atoms with Gasteiger partial charge in [-0.2, -0.15) is 13.2 Å². The Morgan fingerprint density at radius 2 is 1.85 bits per heavy atom. The van der Waals surface area contributed by atoms with Gasteiger partial charge >= 0.3 is 12.1 Å². The van der Waals surface area contributed by atoms with Crippen LogP contribution in [-0.4, -0.2) is 95.9 Å². The molecule has 2 aliphatic heterocycles. The summed E-state index contributed by atoms with van der Waals surface area (Å²) in [4.78, 5) is 62.4. The Labute approximate surface area is 346 Å². The van der Waals surface area contributed by atoms with Crippen LogP contribution in [0.3, 0.4) is 0 Å². The number of ketones is 1. The average molecular weight is 868 g/mol. The number of benzene rings is 1. The molecule has 2 aliphatic carbocycles. The molecule has 7 atom stereocenters. The standard InChI is InChI=1S/C42H53F4N3O10S/c1-7-33-29(20-35(51)59-39(4,5)42(44,45)46)37(52)49-23-27(58-36-28-19-30(43)34(56-8-2)17-25(28)13-16-47-36)18-31(49)32(50)22-41(21-26(41)12-10-9-11-24(3)57-33)38(53)48-60(54,55)40(6)14-15-40/h10,12-13,16-17,19,24,26-27,29,31,33H,7-9,11,14-15,18,20-23H2,1-6H3,(H,48,53)/b12-10-/t24-,26-,27-,29+,31+,33+,41-/m1/s1. The van der Waals surface area contributed by atoms with Crippen molar-refractivity contribution in [3.05, 3.63) is 42.4 Å². The summed E-state index contributed by atoms with van der Waals surface area (Å²) in [5, 5.41) is 0.800. The average Bonchev–Trinajstić information content (AvgIpc) is 4.04. The van der Waals surface area contributed by atoms with Gasteiger partial charge in [-0.25, -0.2) is 17.8 Å². The molecule has 60 heavy (non-hydrogen) atoms. The number of Topliss-reactive ketones (excluding diaryl/α,β-unsaturated/α-hetero) is 1. The van der Waals surface area contributed by atoms with Gasteiger partial charge in [-0.3, -0.25) is 23.9 Å². The number of rotatable bonds is 11. The van der Waals surface area contributed by atoms with Gasteiger partial charge in [-0.1, -0.05) is 19.1 Å². The van der Waals surface area contributed by atoms with Gasteiger partial charge in [0.15, 0.2) is 17.3 Å². The van der Waals surface area contributed by atoms with Crippen molar-refractivity contribution < 1.29 is 64.1 Å². The maximum Gasteiger partial charge on any atom is 0.427 e. The molecule has 1 saturated heterocycles. The maximum atomic E-state index is 15.1. The SMILES string of the molecule is CCOc1cc2ccnc(O[C@@H]3C[C@H]4C(=O)C[C@]5(C(=O)NS(=O)(=O)C6(C)CC6)C[C@H]5/C=C\CC[C@@H](C)O[C@@H](CC)[C@H](CC(=O)OC(C)(C)C(F)(F)F)C(=O)N4C3)c2cc1F. The normalized spacial score (nSPS) is 29.1. The number of halogens is 4. The van der Waals surface area contributed by atoms with E-state index in [1.54, 1.807) is 32.9 Å². The fraction of sp³-hybridized carbons (Fsp3) is 0.643. The zero-order valence-corrected chi connectivity index (χ0v) is 35.4. The summed E-state index contributed by atoms with van der Waals surface area (Å²) in [6.07, 6.45) is -1.82. The zero-order chi connectivity index (χ0) is 44.0. The van der Waals surface area contributed by atoms with Crippen molar-refractivity contribution in [3.8, 4) is 11.6 Å². The van der Waals surface area contributed by atoms with Gasteiger partial charge in [0.2, 0.25) is 33.3 Å². The van der Waals surface area contributed by atoms with Crippen molar-refractivity contribution in [1.29, 1.82) is 0 Å². The van der Waals surface area contributed by atoms with Gasteiger partial charge in [0, 0.05) is 24.4 Å². The van der Waals surface area contributed by atoms with E-state index >= 15 is 4.39 Å². The molecule has 2 amide bonds. The summed E-state index contributed by atoms with van der Waals surface area (Å²) in [6.45, 7) is 8.04. The summed E-state index contributed by atoms with van der Waals surface area (Å²) in [6, 6.07) is 3.01. The van der Waals surface area contributed by atoms with E-state index in [1.807, 2.05) is 6.08 Å². The highest BCUT2D eigenvalue weighted by molar-refractivity contribution is 7.91. The lowest BCUT2D eigenvalue weighted by atomic mass is 9.90. The molecule has 2 aromatic rings. The van der Waals surface area contributed by atoms with Gasteiger partial charge in [0.05, 0.1) is 53.9 Å². The van der Waals surface area contributed by atoms with Crippen molar-refractivity contribution in [2.75, 3.05) is 13.2 Å². The van der Waals surface area contributed by atoms with Crippen LogP contribution in [0.5, 0.6) is 11.6 Å². The highest BCUT2D eigenvalue weighted by Gasteiger charge is 2.63. The number of nitrogens with zero attached hydrogens (tertiary/aromatic N) is 2. The lowest BCUT2D eigenvalue weighted by Gasteiger charge is -2.34. The Bertz CT molecular complexity index is 2140. The lowest BCUT2D eigenvalue weighted by molar-refractivity contribution is -0.258. The van der Waals surface area contributed by atoms with Crippen LogP contribution in [0.2, 0.25) is 0 Å². The smallest absolute Gasteiger partial charge is 0.427 e. The molecule has 13 nitrogen and oxygen atoms in total. The second-order valence-electron chi connectivity index (χ2n) is 17.2. The van der Waals surface area contributed by atoms with Crippen LogP contribution in [0.25, 0.3) is 10.8 Å². The number of alkyl halides is 3. The first kappa shape index (κ1) is 45.2. The highest BCUT2D eigenvalue weighted by atomic mass is 32.2. The van der Waals surface area contributed by atoms with Crippen molar-refractivity contribution in [2.45, 2.75) is 140 Å². The van der Waals surface area contributed by atoms with E-state index in [4.69, 9.17) is 18.9 Å². The molecule has 0 bridgehead atoms. The van der Waals surface area contributed by atoms with E-state index in [-0.39, 0.29) is 49.4 Å². The first-order chi connectivity index (χ1) is 28.0. The van der Waals surface area contributed by atoms with Crippen LogP contribution in [0.4, 0.5) is 17.6 Å². The quantitative estimate of drug-likeness (QED) is 0.149. The number of carbonyl (C=O) groups is 4. The first-order valence-corrected chi connectivity index (χ1v) is 21.9. The fourth-order valence-electron chi connectivity index (χ4n) is 8.04. The number of amides is 2. The number of sulfonamides is 1. The molecule has 3 fully saturated rings. The molecule has 0 radical (unpaired) electrons. The molecular weight excluding hydrogens is 815 g/mol. The minimum atomic E-state index is -4.92. The number of ether oxygens (including phenoxy) is 4. The van der Waals surface area contributed by atoms with Crippen LogP contribution in [0.1, 0.15) is 99.3 Å². The second-order valence-corrected chi connectivity index (χ2v) is 19.4.